The molecule has 0 unspecified atom stereocenters. The average Bonchev–Trinajstić information content (AvgIpc) is 2.76. The van der Waals surface area contributed by atoms with Gasteiger partial charge in [-0.15, -0.1) is 0 Å². The Morgan fingerprint density at radius 3 is 2.24 bits per heavy atom. The summed E-state index contributed by atoms with van der Waals surface area (Å²) in [5, 5.41) is 2.83. The summed E-state index contributed by atoms with van der Waals surface area (Å²) >= 11 is 0. The third-order valence-corrected chi connectivity index (χ3v) is 6.66. The number of anilines is 1. The van der Waals surface area contributed by atoms with Gasteiger partial charge in [-0.2, -0.15) is 0 Å². The number of aryl methyl sites for hydroxylation is 1. The number of para-hydroxylation sites is 1. The number of sulfonamides is 1. The molecule has 0 saturated carbocycles. The predicted octanol–water partition coefficient (Wildman–Crippen LogP) is 3.23. The molecule has 180 valence electrons. The lowest BCUT2D eigenvalue weighted by Gasteiger charge is -2.32. The molecule has 0 aliphatic rings. The fraction of sp³-hybridized carbons (Fsp3) is 0.417. The second-order valence-electron chi connectivity index (χ2n) is 8.16. The number of halogens is 1. The van der Waals surface area contributed by atoms with Crippen LogP contribution in [-0.4, -0.2) is 50.0 Å². The van der Waals surface area contributed by atoms with E-state index in [1.165, 1.54) is 23.1 Å². The van der Waals surface area contributed by atoms with E-state index in [9.17, 15) is 22.4 Å². The van der Waals surface area contributed by atoms with Crippen LogP contribution in [0.3, 0.4) is 0 Å². The molecular formula is C24H32FN3O4S. The van der Waals surface area contributed by atoms with Gasteiger partial charge >= 0.3 is 0 Å². The normalized spacial score (nSPS) is 13.2. The van der Waals surface area contributed by atoms with Gasteiger partial charge in [-0.05, 0) is 44.9 Å². The Kier molecular flexibility index (Phi) is 8.99. The van der Waals surface area contributed by atoms with Crippen molar-refractivity contribution in [1.29, 1.82) is 0 Å². The SMILES string of the molecule is CC[C@H](C)NC(=O)[C@H](C)N(Cc1ccccc1F)C(=O)CN(c1ccccc1C)S(C)(=O)=O. The van der Waals surface area contributed by atoms with Crippen molar-refractivity contribution in [3.05, 3.63) is 65.5 Å². The van der Waals surface area contributed by atoms with Crippen molar-refractivity contribution in [1.82, 2.24) is 10.2 Å². The number of carbonyl (C=O) groups excluding carboxylic acids is 2. The van der Waals surface area contributed by atoms with E-state index < -0.39 is 40.2 Å². The number of nitrogens with zero attached hydrogens (tertiary/aromatic N) is 2. The van der Waals surface area contributed by atoms with Gasteiger partial charge in [0.05, 0.1) is 11.9 Å². The molecule has 0 fully saturated rings. The van der Waals surface area contributed by atoms with E-state index in [4.69, 9.17) is 0 Å². The summed E-state index contributed by atoms with van der Waals surface area (Å²) in [6.45, 7) is 6.37. The zero-order valence-electron chi connectivity index (χ0n) is 19.7. The van der Waals surface area contributed by atoms with Crippen LogP contribution in [0.15, 0.2) is 48.5 Å². The molecule has 0 aliphatic heterocycles. The largest absolute Gasteiger partial charge is 0.352 e. The Labute approximate surface area is 195 Å². The Hall–Kier alpha value is -2.94. The third kappa shape index (κ3) is 7.02. The maximum atomic E-state index is 14.4. The standard InChI is InChI=1S/C24H32FN3O4S/c1-6-18(3)26-24(30)19(4)27(15-20-12-8-9-13-21(20)25)23(29)16-28(33(5,31)32)22-14-10-7-11-17(22)2/h7-14,18-19H,6,15-16H2,1-5H3,(H,26,30)/t18-,19-/m0/s1. The van der Waals surface area contributed by atoms with Crippen LogP contribution in [0.4, 0.5) is 10.1 Å². The maximum absolute atomic E-state index is 14.4. The number of carbonyl (C=O) groups is 2. The summed E-state index contributed by atoms with van der Waals surface area (Å²) in [5.74, 6) is -1.52. The molecule has 0 aromatic heterocycles. The van der Waals surface area contributed by atoms with Crippen LogP contribution in [0.25, 0.3) is 0 Å². The number of benzene rings is 2. The predicted molar refractivity (Wildman–Crippen MR) is 128 cm³/mol. The van der Waals surface area contributed by atoms with Crippen molar-refractivity contribution in [2.24, 2.45) is 0 Å². The highest BCUT2D eigenvalue weighted by Crippen LogP contribution is 2.23. The van der Waals surface area contributed by atoms with Crippen molar-refractivity contribution in [2.45, 2.75) is 52.7 Å². The summed E-state index contributed by atoms with van der Waals surface area (Å²) in [4.78, 5) is 27.4. The van der Waals surface area contributed by atoms with Gasteiger partial charge in [-0.1, -0.05) is 43.3 Å². The number of nitrogens with one attached hydrogen (secondary N) is 1. The first-order valence-corrected chi connectivity index (χ1v) is 12.7. The van der Waals surface area contributed by atoms with E-state index in [1.807, 2.05) is 13.8 Å². The van der Waals surface area contributed by atoms with Gasteiger partial charge in [-0.3, -0.25) is 13.9 Å². The molecule has 2 aromatic rings. The van der Waals surface area contributed by atoms with Crippen LogP contribution < -0.4 is 9.62 Å². The summed E-state index contributed by atoms with van der Waals surface area (Å²) in [5.41, 5.74) is 1.28. The van der Waals surface area contributed by atoms with E-state index in [2.05, 4.69) is 5.32 Å². The van der Waals surface area contributed by atoms with Gasteiger partial charge in [0.25, 0.3) is 0 Å². The fourth-order valence-corrected chi connectivity index (χ4v) is 4.20. The average molecular weight is 478 g/mol. The first-order chi connectivity index (χ1) is 15.5. The minimum Gasteiger partial charge on any atom is -0.352 e. The molecule has 2 atom stereocenters. The number of rotatable bonds is 10. The van der Waals surface area contributed by atoms with Crippen molar-refractivity contribution >= 4 is 27.5 Å². The van der Waals surface area contributed by atoms with E-state index in [1.54, 1.807) is 44.2 Å². The van der Waals surface area contributed by atoms with Gasteiger partial charge in [-0.25, -0.2) is 12.8 Å². The zero-order valence-corrected chi connectivity index (χ0v) is 20.5. The summed E-state index contributed by atoms with van der Waals surface area (Å²) in [7, 11) is -3.81. The molecule has 9 heteroatoms. The first-order valence-electron chi connectivity index (χ1n) is 10.8. The molecule has 0 saturated heterocycles. The quantitative estimate of drug-likeness (QED) is 0.569. The highest BCUT2D eigenvalue weighted by atomic mass is 32.2. The van der Waals surface area contributed by atoms with Crippen LogP contribution in [0, 0.1) is 12.7 Å². The highest BCUT2D eigenvalue weighted by molar-refractivity contribution is 7.92. The summed E-state index contributed by atoms with van der Waals surface area (Å²) < 4.78 is 40.5. The van der Waals surface area contributed by atoms with Crippen LogP contribution in [0.5, 0.6) is 0 Å². The van der Waals surface area contributed by atoms with Crippen LogP contribution in [0.2, 0.25) is 0 Å². The lowest BCUT2D eigenvalue weighted by molar-refractivity contribution is -0.139. The zero-order chi connectivity index (χ0) is 24.8. The van der Waals surface area contributed by atoms with Crippen molar-refractivity contribution in [3.63, 3.8) is 0 Å². The van der Waals surface area contributed by atoms with Crippen molar-refractivity contribution in [2.75, 3.05) is 17.1 Å². The van der Waals surface area contributed by atoms with Gasteiger partial charge in [0.15, 0.2) is 0 Å². The van der Waals surface area contributed by atoms with Crippen LogP contribution in [-0.2, 0) is 26.2 Å². The molecular weight excluding hydrogens is 445 g/mol. The minimum atomic E-state index is -3.81. The lowest BCUT2D eigenvalue weighted by atomic mass is 10.1. The Morgan fingerprint density at radius 1 is 1.06 bits per heavy atom. The molecule has 0 radical (unpaired) electrons. The van der Waals surface area contributed by atoms with Gasteiger partial charge in [0.1, 0.15) is 18.4 Å². The van der Waals surface area contributed by atoms with Gasteiger partial charge < -0.3 is 10.2 Å². The Balaban J connectivity index is 2.41. The van der Waals surface area contributed by atoms with E-state index in [0.717, 1.165) is 10.6 Å². The fourth-order valence-electron chi connectivity index (χ4n) is 3.30. The van der Waals surface area contributed by atoms with Crippen LogP contribution >= 0.6 is 0 Å². The van der Waals surface area contributed by atoms with E-state index >= 15 is 0 Å². The van der Waals surface area contributed by atoms with Crippen molar-refractivity contribution < 1.29 is 22.4 Å². The Morgan fingerprint density at radius 2 is 1.67 bits per heavy atom. The first kappa shape index (κ1) is 26.3. The number of amides is 2. The smallest absolute Gasteiger partial charge is 0.244 e. The molecule has 2 amide bonds. The minimum absolute atomic E-state index is 0.107. The molecule has 0 bridgehead atoms. The highest BCUT2D eigenvalue weighted by Gasteiger charge is 2.31. The molecule has 0 aliphatic carbocycles. The molecule has 33 heavy (non-hydrogen) atoms. The van der Waals surface area contributed by atoms with Crippen LogP contribution in [0.1, 0.15) is 38.3 Å². The van der Waals surface area contributed by atoms with Gasteiger partial charge in [0.2, 0.25) is 21.8 Å². The van der Waals surface area contributed by atoms with E-state index in [-0.39, 0.29) is 18.2 Å². The molecule has 1 N–H and O–H groups in total. The van der Waals surface area contributed by atoms with E-state index in [0.29, 0.717) is 17.7 Å². The molecule has 7 nitrogen and oxygen atoms in total. The molecule has 0 heterocycles. The second-order valence-corrected chi connectivity index (χ2v) is 10.1. The second kappa shape index (κ2) is 11.3. The monoisotopic (exact) mass is 477 g/mol. The Bertz CT molecular complexity index is 1090. The topological polar surface area (TPSA) is 86.8 Å². The molecule has 2 rings (SSSR count). The molecule has 0 spiro atoms. The molecule has 2 aromatic carbocycles. The number of hydrogen-bond donors (Lipinski definition) is 1. The summed E-state index contributed by atoms with van der Waals surface area (Å²) in [6, 6.07) is 11.8. The van der Waals surface area contributed by atoms with Crippen molar-refractivity contribution in [3.8, 4) is 0 Å². The maximum Gasteiger partial charge on any atom is 0.244 e. The lowest BCUT2D eigenvalue weighted by Crippen LogP contribution is -2.52. The number of hydrogen-bond acceptors (Lipinski definition) is 4. The van der Waals surface area contributed by atoms with Gasteiger partial charge in [0, 0.05) is 18.2 Å². The summed E-state index contributed by atoms with van der Waals surface area (Å²) in [6.07, 6.45) is 1.72. The third-order valence-electron chi connectivity index (χ3n) is 5.53.